The number of rotatable bonds is 4. The second-order valence-electron chi connectivity index (χ2n) is 7.15. The normalized spacial score (nSPS) is 19.2. The molecule has 3 aromatic rings. The van der Waals surface area contributed by atoms with Crippen molar-refractivity contribution in [3.63, 3.8) is 0 Å². The third-order valence-electron chi connectivity index (χ3n) is 4.94. The summed E-state index contributed by atoms with van der Waals surface area (Å²) in [5, 5.41) is 2.28. The molecule has 6 nitrogen and oxygen atoms in total. The molecule has 0 bridgehead atoms. The molecule has 1 atom stereocenters. The number of hydrogen-bond acceptors (Lipinski definition) is 5. The van der Waals surface area contributed by atoms with E-state index in [9.17, 15) is 26.0 Å². The first-order valence-electron chi connectivity index (χ1n) is 9.21. The number of alkyl halides is 3. The van der Waals surface area contributed by atoms with Crippen LogP contribution in [0, 0.1) is 5.82 Å². The molecule has 1 unspecified atom stereocenters. The molecule has 2 heterocycles. The quantitative estimate of drug-likeness (QED) is 0.597. The zero-order valence-corrected chi connectivity index (χ0v) is 17.3. The van der Waals surface area contributed by atoms with Crippen LogP contribution in [0.5, 0.6) is 0 Å². The molecule has 0 aliphatic carbocycles. The van der Waals surface area contributed by atoms with Crippen LogP contribution < -0.4 is 5.32 Å². The third-order valence-corrected chi connectivity index (χ3v) is 6.07. The van der Waals surface area contributed by atoms with E-state index < -0.39 is 33.2 Å². The molecule has 0 fully saturated rings. The molecule has 1 aliphatic rings. The highest BCUT2D eigenvalue weighted by molar-refractivity contribution is 7.90. The minimum Gasteiger partial charge on any atom is -0.322 e. The Kier molecular flexibility index (Phi) is 5.16. The van der Waals surface area contributed by atoms with Crippen LogP contribution in [-0.4, -0.2) is 36.2 Å². The van der Waals surface area contributed by atoms with Crippen molar-refractivity contribution in [3.8, 4) is 0 Å². The lowest BCUT2D eigenvalue weighted by molar-refractivity contribution is -0.0618. The lowest BCUT2D eigenvalue weighted by atomic mass is 9.82. The molecule has 0 saturated heterocycles. The van der Waals surface area contributed by atoms with Gasteiger partial charge in [-0.3, -0.25) is 4.57 Å². The molecule has 0 spiro atoms. The summed E-state index contributed by atoms with van der Waals surface area (Å²) in [5.41, 5.74) is -1.20. The number of imidazole rings is 1. The van der Waals surface area contributed by atoms with Crippen molar-refractivity contribution in [2.45, 2.75) is 16.6 Å². The van der Waals surface area contributed by atoms with Crippen LogP contribution in [-0.2, 0) is 15.4 Å². The summed E-state index contributed by atoms with van der Waals surface area (Å²) in [7, 11) is -3.53. The van der Waals surface area contributed by atoms with Crippen molar-refractivity contribution >= 4 is 21.5 Å². The summed E-state index contributed by atoms with van der Waals surface area (Å²) in [4.78, 5) is 7.88. The zero-order chi connectivity index (χ0) is 23.1. The lowest BCUT2D eigenvalue weighted by Gasteiger charge is -2.34. The summed E-state index contributed by atoms with van der Waals surface area (Å²) in [5.74, 6) is -1.80. The van der Waals surface area contributed by atoms with Crippen LogP contribution in [0.15, 0.2) is 83.2 Å². The summed E-state index contributed by atoms with van der Waals surface area (Å²) < 4.78 is 80.1. The second-order valence-corrected chi connectivity index (χ2v) is 9.17. The third kappa shape index (κ3) is 4.03. The van der Waals surface area contributed by atoms with E-state index in [1.807, 2.05) is 0 Å². The number of benzene rings is 2. The molecule has 166 valence electrons. The highest BCUT2D eigenvalue weighted by atomic mass is 32.2. The first-order chi connectivity index (χ1) is 15.0. The average molecular weight is 464 g/mol. The SMILES string of the molecule is CS(=O)(=O)c1ccc(C2(c3ccc(F)cc3)C=C(n3ccnc3)NC(C(F)(F)F)=N2)cc1. The Hall–Kier alpha value is -3.47. The fourth-order valence-electron chi connectivity index (χ4n) is 3.39. The molecule has 1 aromatic heterocycles. The van der Waals surface area contributed by atoms with Gasteiger partial charge < -0.3 is 5.32 Å². The monoisotopic (exact) mass is 464 g/mol. The van der Waals surface area contributed by atoms with E-state index in [-0.39, 0.29) is 21.8 Å². The Bertz CT molecular complexity index is 1300. The maximum absolute atomic E-state index is 13.8. The minimum absolute atomic E-state index is 0.00303. The molecule has 1 aliphatic heterocycles. The Morgan fingerprint density at radius 3 is 2.09 bits per heavy atom. The molecule has 11 heteroatoms. The van der Waals surface area contributed by atoms with Gasteiger partial charge in [-0.1, -0.05) is 24.3 Å². The summed E-state index contributed by atoms with van der Waals surface area (Å²) in [6.45, 7) is 0. The molecule has 32 heavy (non-hydrogen) atoms. The fraction of sp³-hybridized carbons (Fsp3) is 0.143. The molecule has 4 rings (SSSR count). The van der Waals surface area contributed by atoms with Crippen LogP contribution in [0.25, 0.3) is 5.82 Å². The average Bonchev–Trinajstić information content (AvgIpc) is 3.28. The predicted molar refractivity (Wildman–Crippen MR) is 110 cm³/mol. The van der Waals surface area contributed by atoms with Crippen molar-refractivity contribution in [2.75, 3.05) is 6.26 Å². The van der Waals surface area contributed by atoms with Gasteiger partial charge in [0.15, 0.2) is 9.84 Å². The van der Waals surface area contributed by atoms with Crippen LogP contribution >= 0.6 is 0 Å². The highest BCUT2D eigenvalue weighted by Crippen LogP contribution is 2.40. The molecule has 0 radical (unpaired) electrons. The van der Waals surface area contributed by atoms with Crippen LogP contribution in [0.2, 0.25) is 0 Å². The number of aliphatic imine (C=N–C) groups is 1. The molecule has 1 N–H and O–H groups in total. The van der Waals surface area contributed by atoms with Gasteiger partial charge in [-0.2, -0.15) is 13.2 Å². The van der Waals surface area contributed by atoms with E-state index in [1.54, 1.807) is 0 Å². The highest BCUT2D eigenvalue weighted by Gasteiger charge is 2.44. The van der Waals surface area contributed by atoms with Crippen molar-refractivity contribution in [1.29, 1.82) is 0 Å². The topological polar surface area (TPSA) is 76.3 Å². The van der Waals surface area contributed by atoms with E-state index in [4.69, 9.17) is 0 Å². The maximum atomic E-state index is 13.8. The summed E-state index contributed by atoms with van der Waals surface area (Å²) >= 11 is 0. The van der Waals surface area contributed by atoms with Gasteiger partial charge in [0, 0.05) is 18.6 Å². The standard InChI is InChI=1S/C21H16F4N4O2S/c1-32(30,31)17-8-4-15(5-9-17)20(14-2-6-16(22)7-3-14)12-18(29-11-10-26-13-29)27-19(28-20)21(23,24)25/h2-13H,1H3,(H,27,28). The van der Waals surface area contributed by atoms with Crippen LogP contribution in [0.1, 0.15) is 11.1 Å². The summed E-state index contributed by atoms with van der Waals surface area (Å²) in [6.07, 6.45) is 1.84. The Morgan fingerprint density at radius 2 is 1.59 bits per heavy atom. The lowest BCUT2D eigenvalue weighted by Crippen LogP contribution is -2.44. The van der Waals surface area contributed by atoms with Crippen molar-refractivity contribution < 1.29 is 26.0 Å². The number of nitrogens with one attached hydrogen (secondary N) is 1. The molecule has 0 amide bonds. The second kappa shape index (κ2) is 7.59. The van der Waals surface area contributed by atoms with Crippen molar-refractivity contribution in [1.82, 2.24) is 14.9 Å². The fourth-order valence-corrected chi connectivity index (χ4v) is 4.02. The number of halogens is 4. The van der Waals surface area contributed by atoms with Gasteiger partial charge >= 0.3 is 6.18 Å². The van der Waals surface area contributed by atoms with Gasteiger partial charge in [0.2, 0.25) is 5.84 Å². The minimum atomic E-state index is -4.82. The molecule has 0 saturated carbocycles. The number of sulfone groups is 1. The van der Waals surface area contributed by atoms with Gasteiger partial charge in [0.25, 0.3) is 0 Å². The molecular formula is C21H16F4N4O2S. The van der Waals surface area contributed by atoms with Crippen molar-refractivity contribution in [3.05, 3.63) is 90.3 Å². The largest absolute Gasteiger partial charge is 0.449 e. The van der Waals surface area contributed by atoms with Gasteiger partial charge in [-0.15, -0.1) is 0 Å². The summed E-state index contributed by atoms with van der Waals surface area (Å²) in [6, 6.07) is 10.3. The van der Waals surface area contributed by atoms with E-state index in [0.717, 1.165) is 18.4 Å². The first-order valence-corrected chi connectivity index (χ1v) is 11.1. The van der Waals surface area contributed by atoms with Gasteiger partial charge in [-0.25, -0.2) is 22.8 Å². The van der Waals surface area contributed by atoms with E-state index in [2.05, 4.69) is 15.3 Å². The number of hydrogen-bond donors (Lipinski definition) is 1. The van der Waals surface area contributed by atoms with Gasteiger partial charge in [0.1, 0.15) is 23.5 Å². The van der Waals surface area contributed by atoms with Crippen molar-refractivity contribution in [2.24, 2.45) is 4.99 Å². The van der Waals surface area contributed by atoms with Gasteiger partial charge in [-0.05, 0) is 41.5 Å². The number of nitrogens with zero attached hydrogens (tertiary/aromatic N) is 3. The number of amidine groups is 1. The zero-order valence-electron chi connectivity index (χ0n) is 16.5. The Morgan fingerprint density at radius 1 is 1.00 bits per heavy atom. The van der Waals surface area contributed by atoms with Gasteiger partial charge in [0.05, 0.1) is 4.90 Å². The molecular weight excluding hydrogens is 448 g/mol. The number of aromatic nitrogens is 2. The van der Waals surface area contributed by atoms with E-state index >= 15 is 0 Å². The Balaban J connectivity index is 2.02. The molecule has 2 aromatic carbocycles. The smallest absolute Gasteiger partial charge is 0.322 e. The van der Waals surface area contributed by atoms with E-state index in [0.29, 0.717) is 0 Å². The maximum Gasteiger partial charge on any atom is 0.449 e. The Labute approximate surface area is 180 Å². The van der Waals surface area contributed by atoms with Crippen LogP contribution in [0.3, 0.4) is 0 Å². The van der Waals surface area contributed by atoms with E-state index in [1.165, 1.54) is 65.8 Å². The van der Waals surface area contributed by atoms with Crippen LogP contribution in [0.4, 0.5) is 17.6 Å². The predicted octanol–water partition coefficient (Wildman–Crippen LogP) is 3.73. The first kappa shape index (κ1) is 21.8.